The van der Waals surface area contributed by atoms with Gasteiger partial charge in [0.1, 0.15) is 0 Å². The molecule has 0 amide bonds. The Morgan fingerprint density at radius 2 is 2.10 bits per heavy atom. The molecule has 0 radical (unpaired) electrons. The summed E-state index contributed by atoms with van der Waals surface area (Å²) in [5.74, 6) is 0. The average molecular weight is 334 g/mol. The SMILES string of the molecule is Cc1nn(C)c(Cn2ccc3c(CO)cccc32)c1Br. The number of aliphatic hydroxyl groups excluding tert-OH is 1. The summed E-state index contributed by atoms with van der Waals surface area (Å²) in [4.78, 5) is 0. The molecule has 0 saturated heterocycles. The summed E-state index contributed by atoms with van der Waals surface area (Å²) in [6.45, 7) is 2.80. The van der Waals surface area contributed by atoms with Crippen LogP contribution in [0.15, 0.2) is 34.9 Å². The van der Waals surface area contributed by atoms with Crippen LogP contribution in [0.25, 0.3) is 10.9 Å². The number of benzene rings is 1. The number of aryl methyl sites for hydroxylation is 2. The molecule has 0 spiro atoms. The molecule has 0 bridgehead atoms. The first kappa shape index (κ1) is 13.4. The molecule has 20 heavy (non-hydrogen) atoms. The number of aromatic nitrogens is 3. The van der Waals surface area contributed by atoms with E-state index in [4.69, 9.17) is 0 Å². The summed E-state index contributed by atoms with van der Waals surface area (Å²) in [5, 5.41) is 14.9. The molecule has 0 unspecified atom stereocenters. The summed E-state index contributed by atoms with van der Waals surface area (Å²) < 4.78 is 5.14. The summed E-state index contributed by atoms with van der Waals surface area (Å²) in [5.41, 5.74) is 4.22. The first-order valence-corrected chi connectivity index (χ1v) is 7.26. The maximum absolute atomic E-state index is 9.40. The van der Waals surface area contributed by atoms with E-state index < -0.39 is 0 Å². The lowest BCUT2D eigenvalue weighted by Gasteiger charge is -2.07. The van der Waals surface area contributed by atoms with Gasteiger partial charge in [-0.05, 0) is 40.5 Å². The van der Waals surface area contributed by atoms with Gasteiger partial charge in [-0.25, -0.2) is 0 Å². The van der Waals surface area contributed by atoms with E-state index >= 15 is 0 Å². The largest absolute Gasteiger partial charge is 0.392 e. The number of aliphatic hydroxyl groups is 1. The second-order valence-electron chi connectivity index (χ2n) is 4.92. The minimum Gasteiger partial charge on any atom is -0.392 e. The van der Waals surface area contributed by atoms with Gasteiger partial charge in [-0.3, -0.25) is 4.68 Å². The number of halogens is 1. The maximum Gasteiger partial charge on any atom is 0.0739 e. The van der Waals surface area contributed by atoms with Crippen LogP contribution in [-0.2, 0) is 20.2 Å². The highest BCUT2D eigenvalue weighted by Gasteiger charge is 2.12. The average Bonchev–Trinajstić information content (AvgIpc) is 2.96. The van der Waals surface area contributed by atoms with E-state index in [-0.39, 0.29) is 6.61 Å². The lowest BCUT2D eigenvalue weighted by atomic mass is 10.1. The maximum atomic E-state index is 9.40. The van der Waals surface area contributed by atoms with Gasteiger partial charge in [0.05, 0.1) is 29.0 Å². The third-order valence-corrected chi connectivity index (χ3v) is 4.69. The highest BCUT2D eigenvalue weighted by Crippen LogP contribution is 2.25. The number of hydrogen-bond donors (Lipinski definition) is 1. The molecular formula is C15H16BrN3O. The van der Waals surface area contributed by atoms with E-state index in [9.17, 15) is 5.11 Å². The van der Waals surface area contributed by atoms with E-state index in [0.717, 1.165) is 38.9 Å². The van der Waals surface area contributed by atoms with Crippen molar-refractivity contribution in [2.45, 2.75) is 20.1 Å². The van der Waals surface area contributed by atoms with Crippen LogP contribution in [0.4, 0.5) is 0 Å². The van der Waals surface area contributed by atoms with Crippen molar-refractivity contribution in [1.29, 1.82) is 0 Å². The quantitative estimate of drug-likeness (QED) is 0.800. The van der Waals surface area contributed by atoms with Crippen LogP contribution >= 0.6 is 15.9 Å². The fourth-order valence-electron chi connectivity index (χ4n) is 2.58. The number of fused-ring (bicyclic) bond motifs is 1. The smallest absolute Gasteiger partial charge is 0.0739 e. The lowest BCUT2D eigenvalue weighted by Crippen LogP contribution is -2.05. The van der Waals surface area contributed by atoms with Gasteiger partial charge in [0.15, 0.2) is 0 Å². The molecule has 0 fully saturated rings. The molecular weight excluding hydrogens is 318 g/mol. The van der Waals surface area contributed by atoms with Gasteiger partial charge < -0.3 is 9.67 Å². The fourth-order valence-corrected chi connectivity index (χ4v) is 3.04. The van der Waals surface area contributed by atoms with Gasteiger partial charge in [-0.15, -0.1) is 0 Å². The Balaban J connectivity index is 2.07. The van der Waals surface area contributed by atoms with Crippen LogP contribution in [0, 0.1) is 6.92 Å². The molecule has 2 heterocycles. The second-order valence-corrected chi connectivity index (χ2v) is 5.71. The van der Waals surface area contributed by atoms with Crippen molar-refractivity contribution in [3.05, 3.63) is 51.9 Å². The first-order chi connectivity index (χ1) is 9.61. The van der Waals surface area contributed by atoms with E-state index in [1.165, 1.54) is 0 Å². The Kier molecular flexibility index (Phi) is 3.40. The molecule has 4 nitrogen and oxygen atoms in total. The van der Waals surface area contributed by atoms with Crippen molar-refractivity contribution < 1.29 is 5.11 Å². The Morgan fingerprint density at radius 3 is 2.75 bits per heavy atom. The van der Waals surface area contributed by atoms with E-state index in [2.05, 4.69) is 43.9 Å². The van der Waals surface area contributed by atoms with E-state index in [1.807, 2.05) is 30.8 Å². The standard InChI is InChI=1S/C15H16BrN3O/c1-10-15(16)14(18(2)17-10)8-19-7-6-12-11(9-20)4-3-5-13(12)19/h3-7,20H,8-9H2,1-2H3. The Labute approximate surface area is 125 Å². The first-order valence-electron chi connectivity index (χ1n) is 6.47. The van der Waals surface area contributed by atoms with E-state index in [1.54, 1.807) is 0 Å². The molecule has 2 aromatic heterocycles. The van der Waals surface area contributed by atoms with Crippen LogP contribution in [-0.4, -0.2) is 19.5 Å². The zero-order valence-electron chi connectivity index (χ0n) is 11.5. The van der Waals surface area contributed by atoms with Crippen LogP contribution in [0.2, 0.25) is 0 Å². The predicted octanol–water partition coefficient (Wildman–Crippen LogP) is 2.99. The highest BCUT2D eigenvalue weighted by molar-refractivity contribution is 9.10. The normalized spacial score (nSPS) is 11.4. The molecule has 3 rings (SSSR count). The summed E-state index contributed by atoms with van der Waals surface area (Å²) in [6.07, 6.45) is 2.05. The lowest BCUT2D eigenvalue weighted by molar-refractivity contribution is 0.283. The van der Waals surface area contributed by atoms with Gasteiger partial charge in [-0.1, -0.05) is 12.1 Å². The summed E-state index contributed by atoms with van der Waals surface area (Å²) in [7, 11) is 1.96. The highest BCUT2D eigenvalue weighted by atomic mass is 79.9. The molecule has 0 atom stereocenters. The molecule has 0 aliphatic rings. The molecule has 3 aromatic rings. The predicted molar refractivity (Wildman–Crippen MR) is 82.6 cm³/mol. The summed E-state index contributed by atoms with van der Waals surface area (Å²) >= 11 is 3.60. The Hall–Kier alpha value is -1.59. The van der Waals surface area contributed by atoms with Gasteiger partial charge in [-0.2, -0.15) is 5.10 Å². The van der Waals surface area contributed by atoms with Gasteiger partial charge in [0, 0.05) is 24.1 Å². The second kappa shape index (κ2) is 5.07. The van der Waals surface area contributed by atoms with Crippen LogP contribution in [0.5, 0.6) is 0 Å². The Morgan fingerprint density at radius 1 is 1.30 bits per heavy atom. The van der Waals surface area contributed by atoms with Crippen LogP contribution in [0.1, 0.15) is 17.0 Å². The topological polar surface area (TPSA) is 43.0 Å². The molecule has 104 valence electrons. The minimum absolute atomic E-state index is 0.0653. The van der Waals surface area contributed by atoms with Crippen LogP contribution < -0.4 is 0 Å². The molecule has 0 aliphatic heterocycles. The van der Waals surface area contributed by atoms with Gasteiger partial charge >= 0.3 is 0 Å². The third kappa shape index (κ3) is 2.07. The monoisotopic (exact) mass is 333 g/mol. The van der Waals surface area contributed by atoms with E-state index in [0.29, 0.717) is 0 Å². The van der Waals surface area contributed by atoms with Crippen molar-refractivity contribution in [3.8, 4) is 0 Å². The van der Waals surface area contributed by atoms with Crippen molar-refractivity contribution in [2.24, 2.45) is 7.05 Å². The molecule has 0 saturated carbocycles. The van der Waals surface area contributed by atoms with Crippen molar-refractivity contribution in [3.63, 3.8) is 0 Å². The zero-order valence-corrected chi connectivity index (χ0v) is 13.1. The fraction of sp³-hybridized carbons (Fsp3) is 0.267. The number of hydrogen-bond acceptors (Lipinski definition) is 2. The molecule has 1 N–H and O–H groups in total. The van der Waals surface area contributed by atoms with Crippen molar-refractivity contribution in [1.82, 2.24) is 14.3 Å². The summed E-state index contributed by atoms with van der Waals surface area (Å²) in [6, 6.07) is 8.06. The van der Waals surface area contributed by atoms with Gasteiger partial charge in [0.2, 0.25) is 0 Å². The Bertz CT molecular complexity index is 773. The molecule has 1 aromatic carbocycles. The van der Waals surface area contributed by atoms with Crippen molar-refractivity contribution >= 4 is 26.8 Å². The third-order valence-electron chi connectivity index (χ3n) is 3.66. The zero-order chi connectivity index (χ0) is 14.3. The molecule has 5 heteroatoms. The van der Waals surface area contributed by atoms with Crippen molar-refractivity contribution in [2.75, 3.05) is 0 Å². The minimum atomic E-state index is 0.0653. The molecule has 0 aliphatic carbocycles. The number of rotatable bonds is 3. The van der Waals surface area contributed by atoms with Gasteiger partial charge in [0.25, 0.3) is 0 Å². The van der Waals surface area contributed by atoms with Crippen LogP contribution in [0.3, 0.4) is 0 Å². The number of nitrogens with zero attached hydrogens (tertiary/aromatic N) is 3.